The maximum Gasteiger partial charge on any atom is 0.309 e. The van der Waals surface area contributed by atoms with E-state index in [0.29, 0.717) is 17.3 Å². The highest BCUT2D eigenvalue weighted by Crippen LogP contribution is 2.24. The molecule has 2 aromatic rings. The third-order valence-electron chi connectivity index (χ3n) is 2.12. The molecule has 2 rings (SSSR count). The van der Waals surface area contributed by atoms with Crippen molar-refractivity contribution in [3.05, 3.63) is 46.6 Å². The van der Waals surface area contributed by atoms with E-state index in [1.807, 2.05) is 24.3 Å². The molecule has 6 heteroatoms. The Morgan fingerprint density at radius 1 is 1.44 bits per heavy atom. The molecule has 0 bridgehead atoms. The number of aromatic nitrogens is 1. The monoisotopic (exact) mass is 311 g/mol. The lowest BCUT2D eigenvalue weighted by molar-refractivity contribution is -0.136. The second-order valence-corrected chi connectivity index (χ2v) is 4.38. The van der Waals surface area contributed by atoms with Crippen LogP contribution in [0.4, 0.5) is 0 Å². The van der Waals surface area contributed by atoms with Crippen LogP contribution in [0.25, 0.3) is 0 Å². The lowest BCUT2D eigenvalue weighted by Crippen LogP contribution is -2.01. The zero-order chi connectivity index (χ0) is 13.0. The molecule has 1 heterocycles. The molecule has 0 aliphatic rings. The number of nitrogens with zero attached hydrogens (tertiary/aromatic N) is 1. The van der Waals surface area contributed by atoms with Crippen LogP contribution in [0.1, 0.15) is 11.6 Å². The van der Waals surface area contributed by atoms with Crippen LogP contribution in [-0.4, -0.2) is 16.1 Å². The molecular formula is C12H10BrNO4. The Morgan fingerprint density at radius 2 is 2.22 bits per heavy atom. The Bertz CT molecular complexity index is 553. The number of carboxylic acids is 1. The molecule has 0 aliphatic carbocycles. The Balaban J connectivity index is 1.96. The molecule has 18 heavy (non-hydrogen) atoms. The van der Waals surface area contributed by atoms with Gasteiger partial charge in [0.2, 0.25) is 5.89 Å². The van der Waals surface area contributed by atoms with Crippen LogP contribution in [0.15, 0.2) is 39.4 Å². The summed E-state index contributed by atoms with van der Waals surface area (Å²) in [6.45, 7) is 0.155. The van der Waals surface area contributed by atoms with Crippen LogP contribution in [0, 0.1) is 0 Å². The number of hydrogen-bond acceptors (Lipinski definition) is 4. The van der Waals surface area contributed by atoms with E-state index in [1.54, 1.807) is 0 Å². The van der Waals surface area contributed by atoms with E-state index >= 15 is 0 Å². The molecule has 0 aliphatic heterocycles. The Kier molecular flexibility index (Phi) is 3.99. The molecule has 0 saturated heterocycles. The molecule has 5 nitrogen and oxygen atoms in total. The van der Waals surface area contributed by atoms with E-state index in [4.69, 9.17) is 14.3 Å². The van der Waals surface area contributed by atoms with Gasteiger partial charge in [-0.25, -0.2) is 4.98 Å². The van der Waals surface area contributed by atoms with Crippen molar-refractivity contribution >= 4 is 21.9 Å². The summed E-state index contributed by atoms with van der Waals surface area (Å²) in [5.41, 5.74) is 0.383. The number of benzene rings is 1. The molecule has 0 radical (unpaired) electrons. The van der Waals surface area contributed by atoms with Crippen LogP contribution >= 0.6 is 15.9 Å². The summed E-state index contributed by atoms with van der Waals surface area (Å²) in [7, 11) is 0. The average molecular weight is 312 g/mol. The van der Waals surface area contributed by atoms with Gasteiger partial charge in [0.15, 0.2) is 6.61 Å². The maximum absolute atomic E-state index is 10.5. The van der Waals surface area contributed by atoms with Crippen LogP contribution in [-0.2, 0) is 17.8 Å². The predicted molar refractivity (Wildman–Crippen MR) is 66.3 cm³/mol. The van der Waals surface area contributed by atoms with Gasteiger partial charge >= 0.3 is 5.97 Å². The van der Waals surface area contributed by atoms with Crippen LogP contribution in [0.5, 0.6) is 5.75 Å². The van der Waals surface area contributed by atoms with Crippen molar-refractivity contribution in [3.8, 4) is 5.75 Å². The smallest absolute Gasteiger partial charge is 0.309 e. The molecule has 0 spiro atoms. The summed E-state index contributed by atoms with van der Waals surface area (Å²) < 4.78 is 11.4. The van der Waals surface area contributed by atoms with Gasteiger partial charge in [-0.15, -0.1) is 0 Å². The highest BCUT2D eigenvalue weighted by Gasteiger charge is 2.08. The van der Waals surface area contributed by atoms with Gasteiger partial charge in [-0.05, 0) is 28.1 Å². The molecule has 0 unspecified atom stereocenters. The van der Waals surface area contributed by atoms with Crippen molar-refractivity contribution in [3.63, 3.8) is 0 Å². The second-order valence-electron chi connectivity index (χ2n) is 3.52. The van der Waals surface area contributed by atoms with Gasteiger partial charge < -0.3 is 14.3 Å². The van der Waals surface area contributed by atoms with Crippen molar-refractivity contribution in [1.29, 1.82) is 0 Å². The third-order valence-corrected chi connectivity index (χ3v) is 2.77. The zero-order valence-electron chi connectivity index (χ0n) is 9.30. The van der Waals surface area contributed by atoms with Crippen LogP contribution in [0.2, 0.25) is 0 Å². The molecule has 1 N–H and O–H groups in total. The Labute approximate surface area is 112 Å². The van der Waals surface area contributed by atoms with Crippen molar-refractivity contribution in [1.82, 2.24) is 4.98 Å². The van der Waals surface area contributed by atoms with E-state index in [-0.39, 0.29) is 13.0 Å². The summed E-state index contributed by atoms with van der Waals surface area (Å²) in [5.74, 6) is 0.0825. The molecular weight excluding hydrogens is 302 g/mol. The topological polar surface area (TPSA) is 72.6 Å². The van der Waals surface area contributed by atoms with Gasteiger partial charge in [-0.3, -0.25) is 4.79 Å². The largest absolute Gasteiger partial charge is 0.483 e. The molecule has 0 atom stereocenters. The number of aliphatic carboxylic acids is 1. The minimum absolute atomic E-state index is 0.154. The molecule has 0 amide bonds. The molecule has 1 aromatic heterocycles. The molecule has 1 aromatic carbocycles. The third kappa shape index (κ3) is 3.33. The fourth-order valence-corrected chi connectivity index (χ4v) is 1.75. The van der Waals surface area contributed by atoms with Crippen molar-refractivity contribution in [2.45, 2.75) is 13.0 Å². The SMILES string of the molecule is O=C(O)Cc1coc(COc2ccccc2Br)n1. The number of rotatable bonds is 5. The highest BCUT2D eigenvalue weighted by molar-refractivity contribution is 9.10. The number of carboxylic acid groups (broad SMARTS) is 1. The number of oxazole rings is 1. The fraction of sp³-hybridized carbons (Fsp3) is 0.167. The summed E-state index contributed by atoms with van der Waals surface area (Å²) in [4.78, 5) is 14.5. The number of hydrogen-bond donors (Lipinski definition) is 1. The van der Waals surface area contributed by atoms with E-state index in [9.17, 15) is 4.79 Å². The van der Waals surface area contributed by atoms with Gasteiger partial charge in [0, 0.05) is 0 Å². The first-order valence-corrected chi connectivity index (χ1v) is 5.97. The molecule has 0 fully saturated rings. The van der Waals surface area contributed by atoms with E-state index in [2.05, 4.69) is 20.9 Å². The van der Waals surface area contributed by atoms with E-state index in [1.165, 1.54) is 6.26 Å². The Morgan fingerprint density at radius 3 is 2.94 bits per heavy atom. The lowest BCUT2D eigenvalue weighted by Gasteiger charge is -2.04. The lowest BCUT2D eigenvalue weighted by atomic mass is 10.3. The maximum atomic E-state index is 10.5. The molecule has 0 saturated carbocycles. The fourth-order valence-electron chi connectivity index (χ4n) is 1.35. The average Bonchev–Trinajstić information content (AvgIpc) is 2.75. The Hall–Kier alpha value is -1.82. The first-order chi connectivity index (χ1) is 8.65. The number of halogens is 1. The zero-order valence-corrected chi connectivity index (χ0v) is 10.9. The number of ether oxygens (including phenoxy) is 1. The van der Waals surface area contributed by atoms with Crippen molar-refractivity contribution < 1.29 is 19.1 Å². The normalized spacial score (nSPS) is 10.3. The van der Waals surface area contributed by atoms with Gasteiger partial charge in [0.1, 0.15) is 12.0 Å². The van der Waals surface area contributed by atoms with Crippen LogP contribution in [0.3, 0.4) is 0 Å². The second kappa shape index (κ2) is 5.68. The van der Waals surface area contributed by atoms with E-state index < -0.39 is 5.97 Å². The van der Waals surface area contributed by atoms with Gasteiger partial charge in [-0.1, -0.05) is 12.1 Å². The predicted octanol–water partition coefficient (Wildman–Crippen LogP) is 2.64. The number of carbonyl (C=O) groups is 1. The quantitative estimate of drug-likeness (QED) is 0.919. The van der Waals surface area contributed by atoms with Gasteiger partial charge in [0.05, 0.1) is 16.6 Å². The highest BCUT2D eigenvalue weighted by atomic mass is 79.9. The van der Waals surface area contributed by atoms with Gasteiger partial charge in [0.25, 0.3) is 0 Å². The summed E-state index contributed by atoms with van der Waals surface area (Å²) in [6, 6.07) is 7.41. The summed E-state index contributed by atoms with van der Waals surface area (Å²) >= 11 is 3.35. The van der Waals surface area contributed by atoms with E-state index in [0.717, 1.165) is 4.47 Å². The standard InChI is InChI=1S/C12H10BrNO4/c13-9-3-1-2-4-10(9)17-7-11-14-8(6-18-11)5-12(15)16/h1-4,6H,5,7H2,(H,15,16). The van der Waals surface area contributed by atoms with Gasteiger partial charge in [-0.2, -0.15) is 0 Å². The first kappa shape index (κ1) is 12.6. The minimum atomic E-state index is -0.943. The number of para-hydroxylation sites is 1. The summed E-state index contributed by atoms with van der Waals surface area (Å²) in [6.07, 6.45) is 1.17. The molecule has 94 valence electrons. The first-order valence-electron chi connectivity index (χ1n) is 5.17. The van der Waals surface area contributed by atoms with Crippen molar-refractivity contribution in [2.75, 3.05) is 0 Å². The van der Waals surface area contributed by atoms with Crippen LogP contribution < -0.4 is 4.74 Å². The van der Waals surface area contributed by atoms with Crippen molar-refractivity contribution in [2.24, 2.45) is 0 Å². The summed E-state index contributed by atoms with van der Waals surface area (Å²) in [5, 5.41) is 8.60. The minimum Gasteiger partial charge on any atom is -0.483 e.